The Labute approximate surface area is 197 Å². The normalized spacial score (nSPS) is 16.1. The van der Waals surface area contributed by atoms with E-state index in [1.54, 1.807) is 0 Å². The highest BCUT2D eigenvalue weighted by molar-refractivity contribution is 14.0. The molecule has 0 aromatic heterocycles. The number of amides is 1. The largest absolute Gasteiger partial charge is 0.352 e. The van der Waals surface area contributed by atoms with Gasteiger partial charge in [-0.05, 0) is 48.4 Å². The van der Waals surface area contributed by atoms with Crippen LogP contribution in [0.4, 0.5) is 0 Å². The Balaban J connectivity index is 0.00000320. The van der Waals surface area contributed by atoms with E-state index in [9.17, 15) is 4.79 Å². The highest BCUT2D eigenvalue weighted by Gasteiger charge is 2.24. The highest BCUT2D eigenvalue weighted by Crippen LogP contribution is 2.21. The van der Waals surface area contributed by atoms with E-state index in [2.05, 4.69) is 57.8 Å². The number of aliphatic imine (C=N–C) groups is 1. The molecular weight excluding hydrogens is 487 g/mol. The van der Waals surface area contributed by atoms with E-state index in [-0.39, 0.29) is 29.9 Å². The zero-order chi connectivity index (χ0) is 20.5. The van der Waals surface area contributed by atoms with Crippen LogP contribution in [-0.4, -0.2) is 43.4 Å². The second-order valence-electron chi connectivity index (χ2n) is 7.65. The third kappa shape index (κ3) is 7.00. The number of carbonyl (C=O) groups excluding carboxylic acids is 1. The lowest BCUT2D eigenvalue weighted by molar-refractivity contribution is 0.0953. The van der Waals surface area contributed by atoms with Crippen LogP contribution < -0.4 is 10.6 Å². The van der Waals surface area contributed by atoms with Crippen LogP contribution in [0.3, 0.4) is 0 Å². The molecule has 1 saturated heterocycles. The molecule has 1 amide bonds. The Morgan fingerprint density at radius 2 is 1.87 bits per heavy atom. The summed E-state index contributed by atoms with van der Waals surface area (Å²) in [7, 11) is 1.83. The molecule has 0 aliphatic carbocycles. The topological polar surface area (TPSA) is 56.7 Å². The van der Waals surface area contributed by atoms with E-state index in [1.807, 2.05) is 31.3 Å². The standard InChI is InChI=1S/C24H32N4O.HI/c1-3-13-26-23(29)22-11-7-10-20(16-22)17-27-24(25-2)28-14-12-21(18-28)15-19-8-5-4-6-9-19;/h4-11,16,21H,3,12-15,17-18H2,1-2H3,(H,25,27)(H,26,29);1H. The Bertz CT molecular complexity index is 825. The summed E-state index contributed by atoms with van der Waals surface area (Å²) >= 11 is 0. The first-order valence-corrected chi connectivity index (χ1v) is 10.6. The molecule has 0 bridgehead atoms. The van der Waals surface area contributed by atoms with Crippen LogP contribution >= 0.6 is 24.0 Å². The second-order valence-corrected chi connectivity index (χ2v) is 7.65. The number of carbonyl (C=O) groups is 1. The van der Waals surface area contributed by atoms with Gasteiger partial charge in [0.05, 0.1) is 0 Å². The molecule has 1 fully saturated rings. The average molecular weight is 520 g/mol. The quantitative estimate of drug-likeness (QED) is 0.329. The minimum absolute atomic E-state index is 0. The molecule has 2 aromatic carbocycles. The van der Waals surface area contributed by atoms with Crippen molar-refractivity contribution in [2.24, 2.45) is 10.9 Å². The van der Waals surface area contributed by atoms with Crippen molar-refractivity contribution in [3.63, 3.8) is 0 Å². The first kappa shape index (κ1) is 24.2. The Morgan fingerprint density at radius 3 is 2.60 bits per heavy atom. The number of nitrogens with one attached hydrogen (secondary N) is 2. The van der Waals surface area contributed by atoms with Crippen LogP contribution in [0.15, 0.2) is 59.6 Å². The molecule has 30 heavy (non-hydrogen) atoms. The van der Waals surface area contributed by atoms with Crippen molar-refractivity contribution in [3.8, 4) is 0 Å². The number of hydrogen-bond donors (Lipinski definition) is 2. The summed E-state index contributed by atoms with van der Waals surface area (Å²) < 4.78 is 0. The minimum atomic E-state index is -0.0126. The van der Waals surface area contributed by atoms with Gasteiger partial charge in [0.15, 0.2) is 5.96 Å². The number of likely N-dealkylation sites (tertiary alicyclic amines) is 1. The van der Waals surface area contributed by atoms with Crippen molar-refractivity contribution in [1.29, 1.82) is 0 Å². The van der Waals surface area contributed by atoms with Gasteiger partial charge in [0.1, 0.15) is 0 Å². The van der Waals surface area contributed by atoms with Gasteiger partial charge in [-0.1, -0.05) is 49.4 Å². The summed E-state index contributed by atoms with van der Waals surface area (Å²) in [6.07, 6.45) is 3.23. The first-order chi connectivity index (χ1) is 14.2. The van der Waals surface area contributed by atoms with Crippen molar-refractivity contribution in [3.05, 3.63) is 71.3 Å². The molecule has 6 heteroatoms. The molecule has 5 nitrogen and oxygen atoms in total. The van der Waals surface area contributed by atoms with E-state index in [0.717, 1.165) is 37.5 Å². The molecule has 2 N–H and O–H groups in total. The summed E-state index contributed by atoms with van der Waals surface area (Å²) in [5.74, 6) is 1.57. The zero-order valence-corrected chi connectivity index (χ0v) is 20.3. The van der Waals surface area contributed by atoms with Gasteiger partial charge in [0, 0.05) is 38.8 Å². The third-order valence-electron chi connectivity index (χ3n) is 5.34. The number of benzene rings is 2. The lowest BCUT2D eigenvalue weighted by Gasteiger charge is -2.22. The van der Waals surface area contributed by atoms with Crippen molar-refractivity contribution in [2.75, 3.05) is 26.7 Å². The summed E-state index contributed by atoms with van der Waals surface area (Å²) in [5.41, 5.74) is 3.19. The highest BCUT2D eigenvalue weighted by atomic mass is 127. The number of halogens is 1. The Hall–Kier alpha value is -2.09. The van der Waals surface area contributed by atoms with Gasteiger partial charge >= 0.3 is 0 Å². The van der Waals surface area contributed by atoms with Crippen molar-refractivity contribution < 1.29 is 4.79 Å². The van der Waals surface area contributed by atoms with Gasteiger partial charge in [-0.3, -0.25) is 9.79 Å². The maximum atomic E-state index is 12.2. The number of rotatable bonds is 7. The van der Waals surface area contributed by atoms with Gasteiger partial charge in [-0.25, -0.2) is 0 Å². The fourth-order valence-electron chi connectivity index (χ4n) is 3.82. The SMILES string of the molecule is CCCNC(=O)c1cccc(CNC(=NC)N2CCC(Cc3ccccc3)C2)c1.I. The lowest BCUT2D eigenvalue weighted by atomic mass is 9.99. The van der Waals surface area contributed by atoms with Gasteiger partial charge in [0.2, 0.25) is 0 Å². The molecule has 162 valence electrons. The monoisotopic (exact) mass is 520 g/mol. The summed E-state index contributed by atoms with van der Waals surface area (Å²) in [6, 6.07) is 18.5. The van der Waals surface area contributed by atoms with E-state index >= 15 is 0 Å². The van der Waals surface area contributed by atoms with Crippen LogP contribution in [-0.2, 0) is 13.0 Å². The molecular formula is C24H33IN4O. The molecule has 3 rings (SSSR count). The molecule has 0 spiro atoms. The Morgan fingerprint density at radius 1 is 1.10 bits per heavy atom. The molecule has 1 heterocycles. The number of guanidine groups is 1. The lowest BCUT2D eigenvalue weighted by Crippen LogP contribution is -2.39. The van der Waals surface area contributed by atoms with E-state index in [0.29, 0.717) is 24.6 Å². The minimum Gasteiger partial charge on any atom is -0.352 e. The maximum absolute atomic E-state index is 12.2. The molecule has 1 aliphatic rings. The van der Waals surface area contributed by atoms with Crippen LogP contribution in [0.1, 0.15) is 41.3 Å². The third-order valence-corrected chi connectivity index (χ3v) is 5.34. The molecule has 0 saturated carbocycles. The predicted molar refractivity (Wildman–Crippen MR) is 135 cm³/mol. The van der Waals surface area contributed by atoms with Gasteiger partial charge in [-0.2, -0.15) is 0 Å². The fourth-order valence-corrected chi connectivity index (χ4v) is 3.82. The maximum Gasteiger partial charge on any atom is 0.251 e. The van der Waals surface area contributed by atoms with Gasteiger partial charge in [0.25, 0.3) is 5.91 Å². The van der Waals surface area contributed by atoms with E-state index in [1.165, 1.54) is 12.0 Å². The fraction of sp³-hybridized carbons (Fsp3) is 0.417. The number of hydrogen-bond acceptors (Lipinski definition) is 2. The van der Waals surface area contributed by atoms with Crippen molar-refractivity contribution >= 4 is 35.8 Å². The van der Waals surface area contributed by atoms with Crippen LogP contribution in [0.25, 0.3) is 0 Å². The summed E-state index contributed by atoms with van der Waals surface area (Å²) in [4.78, 5) is 19.0. The molecule has 0 radical (unpaired) electrons. The second kappa shape index (κ2) is 12.6. The summed E-state index contributed by atoms with van der Waals surface area (Å²) in [6.45, 7) is 5.45. The van der Waals surface area contributed by atoms with Gasteiger partial charge < -0.3 is 15.5 Å². The molecule has 2 aromatic rings. The first-order valence-electron chi connectivity index (χ1n) is 10.6. The van der Waals surface area contributed by atoms with E-state index in [4.69, 9.17) is 0 Å². The van der Waals surface area contributed by atoms with Crippen molar-refractivity contribution in [1.82, 2.24) is 15.5 Å². The van der Waals surface area contributed by atoms with E-state index < -0.39 is 0 Å². The smallest absolute Gasteiger partial charge is 0.251 e. The summed E-state index contributed by atoms with van der Waals surface area (Å²) in [5, 5.41) is 6.40. The molecule has 1 aliphatic heterocycles. The van der Waals surface area contributed by atoms with Crippen LogP contribution in [0.2, 0.25) is 0 Å². The zero-order valence-electron chi connectivity index (χ0n) is 17.9. The predicted octanol–water partition coefficient (Wildman–Crippen LogP) is 4.08. The average Bonchev–Trinajstić information content (AvgIpc) is 3.21. The van der Waals surface area contributed by atoms with Crippen LogP contribution in [0.5, 0.6) is 0 Å². The molecule has 1 unspecified atom stereocenters. The van der Waals surface area contributed by atoms with Crippen LogP contribution in [0, 0.1) is 5.92 Å². The van der Waals surface area contributed by atoms with Crippen molar-refractivity contribution in [2.45, 2.75) is 32.7 Å². The number of nitrogens with zero attached hydrogens (tertiary/aromatic N) is 2. The Kier molecular flexibility index (Phi) is 10.1. The van der Waals surface area contributed by atoms with Gasteiger partial charge in [-0.15, -0.1) is 24.0 Å². The molecule has 1 atom stereocenters.